The van der Waals surface area contributed by atoms with Gasteiger partial charge in [0, 0.05) is 0 Å². The van der Waals surface area contributed by atoms with E-state index in [1.54, 1.807) is 0 Å². The van der Waals surface area contributed by atoms with E-state index in [0.717, 1.165) is 32.5 Å². The first-order valence-electron chi connectivity index (χ1n) is 6.49. The third kappa shape index (κ3) is 4.44. The van der Waals surface area contributed by atoms with Crippen molar-refractivity contribution < 1.29 is 9.59 Å². The molecule has 1 heterocycles. The molecule has 102 valence electrons. The van der Waals surface area contributed by atoms with E-state index >= 15 is 0 Å². The fourth-order valence-electron chi connectivity index (χ4n) is 1.86. The molecular formula is C12H22N4O2. The van der Waals surface area contributed by atoms with Crippen molar-refractivity contribution in [2.75, 3.05) is 19.6 Å². The molecule has 0 spiro atoms. The summed E-state index contributed by atoms with van der Waals surface area (Å²) in [4.78, 5) is 28.5. The standard InChI is InChI=1S/C12H22N4O2/c1-4-16(5-2)8-6-7-9(3)13-12-14-10(17)11(18)15-12/h9H,4-8H2,1-3H3,(H2,13,14,15,17,18). The van der Waals surface area contributed by atoms with Crippen LogP contribution in [0.1, 0.15) is 33.6 Å². The lowest BCUT2D eigenvalue weighted by molar-refractivity contribution is -0.135. The molecule has 6 heteroatoms. The summed E-state index contributed by atoms with van der Waals surface area (Å²) < 4.78 is 0. The van der Waals surface area contributed by atoms with Gasteiger partial charge in [0.15, 0.2) is 0 Å². The first-order chi connectivity index (χ1) is 8.56. The molecule has 1 saturated heterocycles. The Balaban J connectivity index is 2.29. The summed E-state index contributed by atoms with van der Waals surface area (Å²) in [6, 6.07) is 0.0919. The zero-order valence-electron chi connectivity index (χ0n) is 11.3. The van der Waals surface area contributed by atoms with Gasteiger partial charge in [-0.25, -0.2) is 4.99 Å². The molecule has 0 aromatic rings. The van der Waals surface area contributed by atoms with Crippen molar-refractivity contribution >= 4 is 17.8 Å². The first-order valence-corrected chi connectivity index (χ1v) is 6.49. The Morgan fingerprint density at radius 2 is 1.72 bits per heavy atom. The molecule has 2 amide bonds. The molecule has 6 nitrogen and oxygen atoms in total. The minimum atomic E-state index is -0.635. The van der Waals surface area contributed by atoms with Crippen molar-refractivity contribution in [1.29, 1.82) is 0 Å². The Morgan fingerprint density at radius 3 is 2.22 bits per heavy atom. The lowest BCUT2D eigenvalue weighted by Gasteiger charge is -2.18. The normalized spacial score (nSPS) is 16.8. The summed E-state index contributed by atoms with van der Waals surface area (Å²) in [5.74, 6) is -0.992. The second kappa shape index (κ2) is 7.10. The largest absolute Gasteiger partial charge is 0.316 e. The van der Waals surface area contributed by atoms with E-state index in [0.29, 0.717) is 0 Å². The number of hydrogen-bond donors (Lipinski definition) is 2. The van der Waals surface area contributed by atoms with Gasteiger partial charge in [-0.15, -0.1) is 0 Å². The third-order valence-corrected chi connectivity index (χ3v) is 3.01. The second-order valence-electron chi connectivity index (χ2n) is 4.40. The van der Waals surface area contributed by atoms with Crippen molar-refractivity contribution in [3.05, 3.63) is 0 Å². The van der Waals surface area contributed by atoms with Gasteiger partial charge in [0.1, 0.15) is 0 Å². The molecular weight excluding hydrogens is 232 g/mol. The molecule has 0 aromatic carbocycles. The minimum absolute atomic E-state index is 0.0919. The highest BCUT2D eigenvalue weighted by molar-refractivity contribution is 6.45. The summed E-state index contributed by atoms with van der Waals surface area (Å²) in [6.45, 7) is 9.46. The molecule has 1 aliphatic rings. The van der Waals surface area contributed by atoms with E-state index in [9.17, 15) is 9.59 Å². The second-order valence-corrected chi connectivity index (χ2v) is 4.40. The van der Waals surface area contributed by atoms with Crippen LogP contribution < -0.4 is 10.6 Å². The first kappa shape index (κ1) is 14.6. The van der Waals surface area contributed by atoms with Gasteiger partial charge in [0.25, 0.3) is 0 Å². The summed E-state index contributed by atoms with van der Waals surface area (Å²) in [7, 11) is 0. The van der Waals surface area contributed by atoms with E-state index in [4.69, 9.17) is 0 Å². The average Bonchev–Trinajstić information content (AvgIpc) is 2.64. The van der Waals surface area contributed by atoms with Crippen LogP contribution in [-0.2, 0) is 9.59 Å². The predicted molar refractivity (Wildman–Crippen MR) is 70.2 cm³/mol. The number of rotatable bonds is 7. The highest BCUT2D eigenvalue weighted by Gasteiger charge is 2.25. The summed E-state index contributed by atoms with van der Waals surface area (Å²) in [6.07, 6.45) is 1.99. The predicted octanol–water partition coefficient (Wildman–Crippen LogP) is 0.0989. The minimum Gasteiger partial charge on any atom is -0.304 e. The number of aliphatic imine (C=N–C) groups is 1. The Bertz CT molecular complexity index is 319. The van der Waals surface area contributed by atoms with E-state index in [2.05, 4.69) is 34.4 Å². The summed E-state index contributed by atoms with van der Waals surface area (Å²) in [5.41, 5.74) is 0. The van der Waals surface area contributed by atoms with Crippen molar-refractivity contribution in [3.8, 4) is 0 Å². The lowest BCUT2D eigenvalue weighted by Crippen LogP contribution is -2.28. The Kier molecular flexibility index (Phi) is 5.77. The maximum Gasteiger partial charge on any atom is 0.316 e. The van der Waals surface area contributed by atoms with Crippen molar-refractivity contribution in [2.24, 2.45) is 4.99 Å². The van der Waals surface area contributed by atoms with Crippen LogP contribution in [0.5, 0.6) is 0 Å². The van der Waals surface area contributed by atoms with Gasteiger partial charge in [-0.1, -0.05) is 13.8 Å². The maximum atomic E-state index is 10.9. The van der Waals surface area contributed by atoms with Crippen molar-refractivity contribution in [2.45, 2.75) is 39.7 Å². The number of nitrogens with zero attached hydrogens (tertiary/aromatic N) is 2. The fraction of sp³-hybridized carbons (Fsp3) is 0.750. The van der Waals surface area contributed by atoms with Crippen LogP contribution in [0.25, 0.3) is 0 Å². The third-order valence-electron chi connectivity index (χ3n) is 3.01. The quantitative estimate of drug-likeness (QED) is 0.633. The van der Waals surface area contributed by atoms with Crippen molar-refractivity contribution in [3.63, 3.8) is 0 Å². The Labute approximate surface area is 108 Å². The van der Waals surface area contributed by atoms with Gasteiger partial charge >= 0.3 is 11.8 Å². The molecule has 1 aliphatic heterocycles. The van der Waals surface area contributed by atoms with Crippen LogP contribution in [0, 0.1) is 0 Å². The zero-order chi connectivity index (χ0) is 13.5. The molecule has 0 aromatic heterocycles. The Hall–Kier alpha value is -1.43. The number of carbonyl (C=O) groups excluding carboxylic acids is 2. The maximum absolute atomic E-state index is 10.9. The average molecular weight is 254 g/mol. The van der Waals surface area contributed by atoms with Crippen LogP contribution in [0.3, 0.4) is 0 Å². The van der Waals surface area contributed by atoms with Crippen LogP contribution in [0.2, 0.25) is 0 Å². The molecule has 1 unspecified atom stereocenters. The lowest BCUT2D eigenvalue weighted by atomic mass is 10.2. The van der Waals surface area contributed by atoms with Crippen LogP contribution >= 0.6 is 0 Å². The molecule has 0 radical (unpaired) electrons. The van der Waals surface area contributed by atoms with Crippen LogP contribution in [0.4, 0.5) is 0 Å². The molecule has 2 N–H and O–H groups in total. The molecule has 1 rings (SSSR count). The van der Waals surface area contributed by atoms with Gasteiger partial charge in [-0.2, -0.15) is 0 Å². The molecule has 1 atom stereocenters. The topological polar surface area (TPSA) is 73.8 Å². The van der Waals surface area contributed by atoms with Gasteiger partial charge in [-0.05, 0) is 39.4 Å². The Morgan fingerprint density at radius 1 is 1.17 bits per heavy atom. The summed E-state index contributed by atoms with van der Waals surface area (Å²) in [5, 5.41) is 4.79. The summed E-state index contributed by atoms with van der Waals surface area (Å²) >= 11 is 0. The fourth-order valence-corrected chi connectivity index (χ4v) is 1.86. The van der Waals surface area contributed by atoms with E-state index in [1.807, 2.05) is 6.92 Å². The van der Waals surface area contributed by atoms with E-state index < -0.39 is 11.8 Å². The molecule has 0 saturated carbocycles. The molecule has 18 heavy (non-hydrogen) atoms. The number of amides is 2. The SMILES string of the molecule is CCN(CC)CCCC(C)N=C1NC(=O)C(=O)N1. The van der Waals surface area contributed by atoms with E-state index in [-0.39, 0.29) is 12.0 Å². The molecule has 0 aliphatic carbocycles. The van der Waals surface area contributed by atoms with E-state index in [1.165, 1.54) is 0 Å². The number of nitrogens with one attached hydrogen (secondary N) is 2. The zero-order valence-corrected chi connectivity index (χ0v) is 11.3. The van der Waals surface area contributed by atoms with Gasteiger partial charge < -0.3 is 4.90 Å². The van der Waals surface area contributed by atoms with Gasteiger partial charge in [-0.3, -0.25) is 20.2 Å². The van der Waals surface area contributed by atoms with Crippen molar-refractivity contribution in [1.82, 2.24) is 15.5 Å². The van der Waals surface area contributed by atoms with Crippen LogP contribution in [0.15, 0.2) is 4.99 Å². The molecule has 1 fully saturated rings. The smallest absolute Gasteiger partial charge is 0.304 e. The van der Waals surface area contributed by atoms with Gasteiger partial charge in [0.05, 0.1) is 6.04 Å². The molecule has 0 bridgehead atoms. The monoisotopic (exact) mass is 254 g/mol. The number of hydrogen-bond acceptors (Lipinski definition) is 4. The van der Waals surface area contributed by atoms with Crippen LogP contribution in [-0.4, -0.2) is 48.3 Å². The highest BCUT2D eigenvalue weighted by atomic mass is 16.2. The number of carbonyl (C=O) groups is 2. The highest BCUT2D eigenvalue weighted by Crippen LogP contribution is 2.03. The van der Waals surface area contributed by atoms with Gasteiger partial charge in [0.2, 0.25) is 5.96 Å². The number of guanidine groups is 1.